The molecule has 0 saturated carbocycles. The second-order valence-corrected chi connectivity index (χ2v) is 4.35. The van der Waals surface area contributed by atoms with Crippen molar-refractivity contribution in [2.24, 2.45) is 0 Å². The minimum Gasteiger partial charge on any atom is -0.436 e. The molecule has 0 amide bonds. The van der Waals surface area contributed by atoms with E-state index in [-0.39, 0.29) is 5.88 Å². The van der Waals surface area contributed by atoms with Gasteiger partial charge in [-0.2, -0.15) is 9.37 Å². The molecule has 0 radical (unpaired) electrons. The van der Waals surface area contributed by atoms with Gasteiger partial charge in [-0.15, -0.1) is 0 Å². The van der Waals surface area contributed by atoms with Crippen LogP contribution in [0.2, 0.25) is 0 Å². The van der Waals surface area contributed by atoms with Crippen molar-refractivity contribution in [2.45, 2.75) is 20.8 Å². The van der Waals surface area contributed by atoms with Crippen molar-refractivity contribution in [2.75, 3.05) is 12.4 Å². The topological polar surface area (TPSA) is 47.0 Å². The van der Waals surface area contributed by atoms with Crippen LogP contribution in [0.5, 0.6) is 11.6 Å². The summed E-state index contributed by atoms with van der Waals surface area (Å²) in [5, 5.41) is 2.75. The van der Waals surface area contributed by atoms with Crippen LogP contribution in [0.15, 0.2) is 18.3 Å². The van der Waals surface area contributed by atoms with Gasteiger partial charge in [-0.3, -0.25) is 0 Å². The van der Waals surface area contributed by atoms with Crippen molar-refractivity contribution in [3.05, 3.63) is 40.8 Å². The number of aryl methyl sites for hydroxylation is 2. The van der Waals surface area contributed by atoms with Gasteiger partial charge in [0.2, 0.25) is 11.8 Å². The second kappa shape index (κ2) is 5.22. The molecule has 1 aromatic heterocycles. The summed E-state index contributed by atoms with van der Waals surface area (Å²) in [5.41, 5.74) is 3.00. The molecular weight excluding hydrogens is 245 g/mol. The van der Waals surface area contributed by atoms with Gasteiger partial charge in [0.1, 0.15) is 5.75 Å². The van der Waals surface area contributed by atoms with Crippen LogP contribution in [0, 0.1) is 26.6 Å². The van der Waals surface area contributed by atoms with Gasteiger partial charge in [0.25, 0.3) is 5.88 Å². The minimum absolute atomic E-state index is 0.0730. The van der Waals surface area contributed by atoms with Gasteiger partial charge in [0.05, 0.1) is 6.20 Å². The van der Waals surface area contributed by atoms with Crippen LogP contribution in [0.25, 0.3) is 0 Å². The molecule has 0 unspecified atom stereocenters. The van der Waals surface area contributed by atoms with E-state index in [2.05, 4.69) is 15.3 Å². The zero-order chi connectivity index (χ0) is 14.0. The first-order chi connectivity index (χ1) is 9.02. The molecule has 5 heteroatoms. The fraction of sp³-hybridized carbons (Fsp3) is 0.286. The Morgan fingerprint density at radius 2 is 1.84 bits per heavy atom. The highest BCUT2D eigenvalue weighted by Crippen LogP contribution is 2.31. The van der Waals surface area contributed by atoms with E-state index < -0.39 is 5.82 Å². The van der Waals surface area contributed by atoms with Gasteiger partial charge in [-0.1, -0.05) is 12.1 Å². The quantitative estimate of drug-likeness (QED) is 0.920. The third-order valence-electron chi connectivity index (χ3n) is 3.01. The van der Waals surface area contributed by atoms with Gasteiger partial charge in [-0.05, 0) is 37.5 Å². The maximum absolute atomic E-state index is 13.7. The standard InChI is InChI=1S/C14H16FN3O/c1-8-5-6-9(2)12(10(8)3)19-13-11(15)7-17-14(16-4)18-13/h5-7H,1-4H3,(H,16,17,18). The van der Waals surface area contributed by atoms with Crippen LogP contribution in [0.3, 0.4) is 0 Å². The first kappa shape index (κ1) is 13.3. The molecule has 0 fully saturated rings. The van der Waals surface area contributed by atoms with Crippen LogP contribution in [-0.2, 0) is 0 Å². The summed E-state index contributed by atoms with van der Waals surface area (Å²) in [4.78, 5) is 7.76. The van der Waals surface area contributed by atoms with Crippen LogP contribution in [0.4, 0.5) is 10.3 Å². The Bertz CT molecular complexity index is 614. The van der Waals surface area contributed by atoms with E-state index in [1.807, 2.05) is 32.9 Å². The summed E-state index contributed by atoms with van der Waals surface area (Å²) < 4.78 is 19.3. The lowest BCUT2D eigenvalue weighted by Crippen LogP contribution is -2.02. The average Bonchev–Trinajstić information content (AvgIpc) is 2.41. The van der Waals surface area contributed by atoms with Crippen molar-refractivity contribution in [1.29, 1.82) is 0 Å². The van der Waals surface area contributed by atoms with Gasteiger partial charge in [0, 0.05) is 7.05 Å². The summed E-state index contributed by atoms with van der Waals surface area (Å²) in [7, 11) is 1.67. The largest absolute Gasteiger partial charge is 0.436 e. The third kappa shape index (κ3) is 2.65. The van der Waals surface area contributed by atoms with Crippen LogP contribution in [-0.4, -0.2) is 17.0 Å². The molecule has 1 heterocycles. The molecular formula is C14H16FN3O. The highest BCUT2D eigenvalue weighted by molar-refractivity contribution is 5.46. The predicted octanol–water partition coefficient (Wildman–Crippen LogP) is 3.37. The number of nitrogens with zero attached hydrogens (tertiary/aromatic N) is 2. The summed E-state index contributed by atoms with van der Waals surface area (Å²) in [6.45, 7) is 5.84. The summed E-state index contributed by atoms with van der Waals surface area (Å²) >= 11 is 0. The number of ether oxygens (including phenoxy) is 1. The fourth-order valence-electron chi connectivity index (χ4n) is 1.72. The summed E-state index contributed by atoms with van der Waals surface area (Å²) in [6, 6.07) is 3.95. The maximum Gasteiger partial charge on any atom is 0.260 e. The number of aromatic nitrogens is 2. The zero-order valence-electron chi connectivity index (χ0n) is 11.4. The Morgan fingerprint density at radius 3 is 2.53 bits per heavy atom. The molecule has 0 aliphatic heterocycles. The van der Waals surface area contributed by atoms with E-state index in [0.717, 1.165) is 22.9 Å². The lowest BCUT2D eigenvalue weighted by Gasteiger charge is -2.13. The average molecular weight is 261 g/mol. The van der Waals surface area contributed by atoms with Crippen molar-refractivity contribution in [3.8, 4) is 11.6 Å². The predicted molar refractivity (Wildman–Crippen MR) is 72.3 cm³/mol. The molecule has 2 rings (SSSR count). The Kier molecular flexibility index (Phi) is 3.64. The number of halogens is 1. The molecule has 100 valence electrons. The van der Waals surface area contributed by atoms with Gasteiger partial charge < -0.3 is 10.1 Å². The molecule has 2 aromatic rings. The zero-order valence-corrected chi connectivity index (χ0v) is 11.4. The lowest BCUT2D eigenvalue weighted by molar-refractivity contribution is 0.415. The van der Waals surface area contributed by atoms with Gasteiger partial charge >= 0.3 is 0 Å². The Balaban J connectivity index is 2.44. The molecule has 0 bridgehead atoms. The van der Waals surface area contributed by atoms with Crippen LogP contribution in [0.1, 0.15) is 16.7 Å². The second-order valence-electron chi connectivity index (χ2n) is 4.35. The summed E-state index contributed by atoms with van der Waals surface area (Å²) in [5.74, 6) is 0.300. The molecule has 0 aliphatic rings. The van der Waals surface area contributed by atoms with Gasteiger partial charge in [0.15, 0.2) is 0 Å². The molecule has 1 aromatic carbocycles. The first-order valence-corrected chi connectivity index (χ1v) is 5.98. The lowest BCUT2D eigenvalue weighted by atomic mass is 10.1. The number of benzene rings is 1. The number of hydrogen-bond donors (Lipinski definition) is 1. The van der Waals surface area contributed by atoms with E-state index in [1.54, 1.807) is 7.05 Å². The van der Waals surface area contributed by atoms with E-state index in [9.17, 15) is 4.39 Å². The maximum atomic E-state index is 13.7. The number of anilines is 1. The fourth-order valence-corrected chi connectivity index (χ4v) is 1.72. The van der Waals surface area contributed by atoms with Crippen LogP contribution >= 0.6 is 0 Å². The first-order valence-electron chi connectivity index (χ1n) is 5.98. The Morgan fingerprint density at radius 1 is 1.16 bits per heavy atom. The molecule has 0 saturated heterocycles. The van der Waals surface area contributed by atoms with Crippen LogP contribution < -0.4 is 10.1 Å². The smallest absolute Gasteiger partial charge is 0.260 e. The van der Waals surface area contributed by atoms with E-state index in [1.165, 1.54) is 0 Å². The highest BCUT2D eigenvalue weighted by atomic mass is 19.1. The highest BCUT2D eigenvalue weighted by Gasteiger charge is 2.13. The van der Waals surface area contributed by atoms with Crippen molar-refractivity contribution < 1.29 is 9.13 Å². The third-order valence-corrected chi connectivity index (χ3v) is 3.01. The van der Waals surface area contributed by atoms with Gasteiger partial charge in [-0.25, -0.2) is 4.98 Å². The molecule has 1 N–H and O–H groups in total. The Hall–Kier alpha value is -2.17. The Labute approximate surface area is 111 Å². The summed E-state index contributed by atoms with van der Waals surface area (Å²) in [6.07, 6.45) is 1.09. The monoisotopic (exact) mass is 261 g/mol. The van der Waals surface area contributed by atoms with E-state index in [0.29, 0.717) is 11.7 Å². The molecule has 4 nitrogen and oxygen atoms in total. The van der Waals surface area contributed by atoms with Crippen molar-refractivity contribution in [1.82, 2.24) is 9.97 Å². The van der Waals surface area contributed by atoms with E-state index >= 15 is 0 Å². The molecule has 0 aliphatic carbocycles. The van der Waals surface area contributed by atoms with Crippen molar-refractivity contribution >= 4 is 5.95 Å². The van der Waals surface area contributed by atoms with E-state index in [4.69, 9.17) is 4.74 Å². The normalized spacial score (nSPS) is 10.4. The van der Waals surface area contributed by atoms with Crippen molar-refractivity contribution in [3.63, 3.8) is 0 Å². The number of rotatable bonds is 3. The number of nitrogens with one attached hydrogen (secondary N) is 1. The SMILES string of the molecule is CNc1ncc(F)c(Oc2c(C)ccc(C)c2C)n1. The molecule has 0 atom stereocenters. The minimum atomic E-state index is -0.584. The number of hydrogen-bond acceptors (Lipinski definition) is 4. The molecule has 19 heavy (non-hydrogen) atoms. The molecule has 0 spiro atoms.